The smallest absolute Gasteiger partial charge is 0.277 e. The predicted molar refractivity (Wildman–Crippen MR) is 117 cm³/mol. The average Bonchev–Trinajstić information content (AvgIpc) is 3.37. The fourth-order valence-corrected chi connectivity index (χ4v) is 3.74. The highest BCUT2D eigenvalue weighted by Gasteiger charge is 2.14. The van der Waals surface area contributed by atoms with E-state index < -0.39 is 0 Å². The molecule has 9 heteroatoms. The third kappa shape index (κ3) is 5.18. The summed E-state index contributed by atoms with van der Waals surface area (Å²) in [4.78, 5) is 16.3. The molecule has 0 aliphatic carbocycles. The van der Waals surface area contributed by atoms with E-state index in [9.17, 15) is 4.79 Å². The number of amides is 1. The number of carbonyl (C=O) groups excluding carboxylic acids is 1. The van der Waals surface area contributed by atoms with Gasteiger partial charge in [-0.3, -0.25) is 14.5 Å². The van der Waals surface area contributed by atoms with E-state index >= 15 is 0 Å². The van der Waals surface area contributed by atoms with E-state index in [1.54, 1.807) is 24.5 Å². The van der Waals surface area contributed by atoms with Crippen LogP contribution in [0.4, 0.5) is 0 Å². The Balaban J connectivity index is 1.31. The molecule has 0 fully saturated rings. The fraction of sp³-hybridized carbons (Fsp3) is 0.227. The lowest BCUT2D eigenvalue weighted by molar-refractivity contribution is -0.118. The van der Waals surface area contributed by atoms with Gasteiger partial charge in [0.25, 0.3) is 5.22 Å². The lowest BCUT2D eigenvalue weighted by Crippen LogP contribution is -2.25. The molecule has 4 rings (SSSR count). The van der Waals surface area contributed by atoms with Crippen molar-refractivity contribution in [2.75, 3.05) is 5.75 Å². The van der Waals surface area contributed by atoms with Crippen molar-refractivity contribution in [1.29, 1.82) is 0 Å². The number of pyridine rings is 1. The van der Waals surface area contributed by atoms with Gasteiger partial charge in [-0.15, -0.1) is 10.2 Å². The number of aryl methyl sites for hydroxylation is 1. The van der Waals surface area contributed by atoms with Gasteiger partial charge >= 0.3 is 0 Å². The van der Waals surface area contributed by atoms with Gasteiger partial charge in [0.05, 0.1) is 18.0 Å². The van der Waals surface area contributed by atoms with Gasteiger partial charge in [-0.05, 0) is 31.5 Å². The Morgan fingerprint density at radius 3 is 2.65 bits per heavy atom. The zero-order chi connectivity index (χ0) is 21.6. The van der Waals surface area contributed by atoms with E-state index in [-0.39, 0.29) is 11.7 Å². The number of nitrogens with one attached hydrogen (secondary N) is 1. The average molecular weight is 435 g/mol. The summed E-state index contributed by atoms with van der Waals surface area (Å²) in [6, 6.07) is 13.8. The second kappa shape index (κ2) is 9.57. The molecular weight excluding hydrogens is 412 g/mol. The molecule has 1 aromatic carbocycles. The van der Waals surface area contributed by atoms with Crippen molar-refractivity contribution < 1.29 is 9.21 Å². The van der Waals surface area contributed by atoms with Gasteiger partial charge in [0.1, 0.15) is 0 Å². The van der Waals surface area contributed by atoms with Crippen molar-refractivity contribution in [3.8, 4) is 11.5 Å². The van der Waals surface area contributed by atoms with E-state index in [4.69, 9.17) is 4.42 Å². The molecule has 31 heavy (non-hydrogen) atoms. The Kier molecular flexibility index (Phi) is 6.42. The van der Waals surface area contributed by atoms with Crippen molar-refractivity contribution >= 4 is 17.7 Å². The second-order valence-corrected chi connectivity index (χ2v) is 7.89. The summed E-state index contributed by atoms with van der Waals surface area (Å²) in [6.45, 7) is 5.12. The zero-order valence-corrected chi connectivity index (χ0v) is 18.1. The monoisotopic (exact) mass is 434 g/mol. The Morgan fingerprint density at radius 2 is 1.87 bits per heavy atom. The van der Waals surface area contributed by atoms with Gasteiger partial charge in [0, 0.05) is 35.8 Å². The Bertz CT molecular complexity index is 1160. The molecule has 0 aliphatic heterocycles. The van der Waals surface area contributed by atoms with Crippen LogP contribution >= 0.6 is 11.8 Å². The number of hydrogen-bond acceptors (Lipinski definition) is 7. The molecule has 4 aromatic rings. The van der Waals surface area contributed by atoms with Crippen LogP contribution in [0.2, 0.25) is 0 Å². The second-order valence-electron chi connectivity index (χ2n) is 6.97. The minimum absolute atomic E-state index is 0.108. The molecule has 0 saturated heterocycles. The largest absolute Gasteiger partial charge is 0.411 e. The highest BCUT2D eigenvalue weighted by Crippen LogP contribution is 2.22. The van der Waals surface area contributed by atoms with E-state index in [1.165, 1.54) is 17.3 Å². The van der Waals surface area contributed by atoms with Crippen LogP contribution in [-0.2, 0) is 17.9 Å². The van der Waals surface area contributed by atoms with Gasteiger partial charge in [-0.25, -0.2) is 0 Å². The SMILES string of the molecule is Cc1nn(Cc2ccccc2)c(C)c1CNC(=O)CSc1nnc(-c2ccncc2)o1. The summed E-state index contributed by atoms with van der Waals surface area (Å²) in [7, 11) is 0. The summed E-state index contributed by atoms with van der Waals surface area (Å²) >= 11 is 1.21. The highest BCUT2D eigenvalue weighted by atomic mass is 32.2. The van der Waals surface area contributed by atoms with Crippen molar-refractivity contribution in [3.63, 3.8) is 0 Å². The summed E-state index contributed by atoms with van der Waals surface area (Å²) in [6.07, 6.45) is 3.32. The quantitative estimate of drug-likeness (QED) is 0.424. The first-order valence-corrected chi connectivity index (χ1v) is 10.8. The van der Waals surface area contributed by atoms with Crippen LogP contribution in [0.5, 0.6) is 0 Å². The van der Waals surface area contributed by atoms with Gasteiger partial charge in [-0.2, -0.15) is 5.10 Å². The molecule has 0 spiro atoms. The first-order chi connectivity index (χ1) is 15.1. The normalized spacial score (nSPS) is 10.9. The van der Waals surface area contributed by atoms with Crippen LogP contribution in [0.3, 0.4) is 0 Å². The molecule has 0 saturated carbocycles. The molecule has 0 unspecified atom stereocenters. The molecule has 8 nitrogen and oxygen atoms in total. The summed E-state index contributed by atoms with van der Waals surface area (Å²) < 4.78 is 7.57. The molecule has 3 heterocycles. The zero-order valence-electron chi connectivity index (χ0n) is 17.3. The number of carbonyl (C=O) groups is 1. The van der Waals surface area contributed by atoms with Crippen molar-refractivity contribution in [1.82, 2.24) is 30.3 Å². The number of thioether (sulfide) groups is 1. The summed E-state index contributed by atoms with van der Waals surface area (Å²) in [5, 5.41) is 15.9. The number of benzene rings is 1. The lowest BCUT2D eigenvalue weighted by Gasteiger charge is -2.07. The predicted octanol–water partition coefficient (Wildman–Crippen LogP) is 3.40. The molecule has 1 N–H and O–H groups in total. The number of nitrogens with zero attached hydrogens (tertiary/aromatic N) is 5. The van der Waals surface area contributed by atoms with Crippen molar-refractivity contribution in [3.05, 3.63) is 77.4 Å². The maximum Gasteiger partial charge on any atom is 0.277 e. The van der Waals surface area contributed by atoms with Gasteiger partial charge in [0.15, 0.2) is 0 Å². The van der Waals surface area contributed by atoms with Crippen LogP contribution < -0.4 is 5.32 Å². The van der Waals surface area contributed by atoms with E-state index in [2.05, 4.69) is 37.7 Å². The Hall–Kier alpha value is -3.46. The standard InChI is InChI=1S/C22H22N6O2S/c1-15-19(16(2)28(27-15)13-17-6-4-3-5-7-17)12-24-20(29)14-31-22-26-25-21(30-22)18-8-10-23-11-9-18/h3-11H,12-14H2,1-2H3,(H,24,29). The third-order valence-electron chi connectivity index (χ3n) is 4.83. The topological polar surface area (TPSA) is 98.7 Å². The molecule has 1 amide bonds. The molecule has 0 aliphatic rings. The molecular formula is C22H22N6O2S. The van der Waals surface area contributed by atoms with Crippen LogP contribution in [0, 0.1) is 13.8 Å². The maximum absolute atomic E-state index is 12.3. The highest BCUT2D eigenvalue weighted by molar-refractivity contribution is 7.99. The van der Waals surface area contributed by atoms with Gasteiger partial charge in [-0.1, -0.05) is 42.1 Å². The van der Waals surface area contributed by atoms with E-state index in [0.717, 1.165) is 22.5 Å². The Labute approximate surface area is 184 Å². The maximum atomic E-state index is 12.3. The van der Waals surface area contributed by atoms with Crippen LogP contribution in [0.25, 0.3) is 11.5 Å². The van der Waals surface area contributed by atoms with Crippen molar-refractivity contribution in [2.24, 2.45) is 0 Å². The van der Waals surface area contributed by atoms with E-state index in [0.29, 0.717) is 24.2 Å². The minimum atomic E-state index is -0.108. The lowest BCUT2D eigenvalue weighted by atomic mass is 10.2. The third-order valence-corrected chi connectivity index (χ3v) is 5.65. The van der Waals surface area contributed by atoms with Crippen LogP contribution in [0.15, 0.2) is 64.5 Å². The van der Waals surface area contributed by atoms with Crippen LogP contribution in [-0.4, -0.2) is 36.6 Å². The first kappa shape index (κ1) is 20.8. The molecule has 158 valence electrons. The molecule has 0 atom stereocenters. The fourth-order valence-electron chi connectivity index (χ4n) is 3.14. The first-order valence-electron chi connectivity index (χ1n) is 9.80. The summed E-state index contributed by atoms with van der Waals surface area (Å²) in [5.41, 5.74) is 4.98. The minimum Gasteiger partial charge on any atom is -0.411 e. The molecule has 0 bridgehead atoms. The van der Waals surface area contributed by atoms with Crippen molar-refractivity contribution in [2.45, 2.75) is 32.2 Å². The Morgan fingerprint density at radius 1 is 1.10 bits per heavy atom. The van der Waals surface area contributed by atoms with Crippen LogP contribution in [0.1, 0.15) is 22.5 Å². The number of aromatic nitrogens is 5. The van der Waals surface area contributed by atoms with Gasteiger partial charge in [0.2, 0.25) is 11.8 Å². The number of rotatable bonds is 8. The van der Waals surface area contributed by atoms with E-state index in [1.807, 2.05) is 36.7 Å². The number of hydrogen-bond donors (Lipinski definition) is 1. The molecule has 0 radical (unpaired) electrons. The molecule has 3 aromatic heterocycles. The van der Waals surface area contributed by atoms with Gasteiger partial charge < -0.3 is 9.73 Å². The summed E-state index contributed by atoms with van der Waals surface area (Å²) in [5.74, 6) is 0.486.